The molecule has 2 aromatic rings. The highest BCUT2D eigenvalue weighted by molar-refractivity contribution is 7.12. The molecule has 0 unspecified atom stereocenters. The van der Waals surface area contributed by atoms with Crippen LogP contribution in [0.1, 0.15) is 15.6 Å². The smallest absolute Gasteiger partial charge is 0.178 e. The first-order valence-corrected chi connectivity index (χ1v) is 5.78. The van der Waals surface area contributed by atoms with Gasteiger partial charge in [0.2, 0.25) is 0 Å². The molecule has 2 aromatic heterocycles. The Bertz CT molecular complexity index is 415. The molecular formula is C9H11N2S2+. The molecule has 0 bridgehead atoms. The van der Waals surface area contributed by atoms with Crippen LogP contribution < -0.4 is 4.57 Å². The van der Waals surface area contributed by atoms with Gasteiger partial charge in [0.25, 0.3) is 0 Å². The van der Waals surface area contributed by atoms with E-state index >= 15 is 0 Å². The fourth-order valence-electron chi connectivity index (χ4n) is 1.34. The van der Waals surface area contributed by atoms with E-state index < -0.39 is 0 Å². The Morgan fingerprint density at radius 1 is 1.31 bits per heavy atom. The van der Waals surface area contributed by atoms with Gasteiger partial charge in [-0.2, -0.15) is 4.57 Å². The molecule has 2 nitrogen and oxygen atoms in total. The summed E-state index contributed by atoms with van der Waals surface area (Å²) in [5.41, 5.74) is 1.30. The van der Waals surface area contributed by atoms with E-state index in [2.05, 4.69) is 30.3 Å². The number of hydrogen-bond donors (Lipinski definition) is 0. The predicted molar refractivity (Wildman–Crippen MR) is 55.7 cm³/mol. The topological polar surface area (TPSA) is 16.8 Å². The zero-order valence-electron chi connectivity index (χ0n) is 7.87. The second kappa shape index (κ2) is 3.20. The van der Waals surface area contributed by atoms with Crippen molar-refractivity contribution in [1.82, 2.24) is 4.98 Å². The summed E-state index contributed by atoms with van der Waals surface area (Å²) in [7, 11) is 0. The molecule has 0 aliphatic rings. The van der Waals surface area contributed by atoms with Gasteiger partial charge in [0.05, 0.1) is 0 Å². The molecule has 0 aliphatic heterocycles. The van der Waals surface area contributed by atoms with Gasteiger partial charge in [-0.25, -0.2) is 0 Å². The van der Waals surface area contributed by atoms with Crippen LogP contribution in [0.5, 0.6) is 0 Å². The molecule has 0 atom stereocenters. The molecular weight excluding hydrogens is 200 g/mol. The second-order valence-electron chi connectivity index (χ2n) is 2.91. The zero-order valence-corrected chi connectivity index (χ0v) is 9.50. The maximum absolute atomic E-state index is 4.31. The van der Waals surface area contributed by atoms with Crippen molar-refractivity contribution in [2.24, 2.45) is 0 Å². The summed E-state index contributed by atoms with van der Waals surface area (Å²) >= 11 is 3.50. The Kier molecular flexibility index (Phi) is 2.17. The predicted octanol–water partition coefficient (Wildman–Crippen LogP) is 2.41. The third-order valence-corrected chi connectivity index (χ3v) is 3.91. The van der Waals surface area contributed by atoms with E-state index in [0.29, 0.717) is 0 Å². The number of hydrogen-bond acceptors (Lipinski definition) is 3. The van der Waals surface area contributed by atoms with Crippen molar-refractivity contribution in [2.45, 2.75) is 20.8 Å². The van der Waals surface area contributed by atoms with Gasteiger partial charge in [-0.05, 0) is 18.8 Å². The van der Waals surface area contributed by atoms with E-state index in [9.17, 15) is 0 Å². The van der Waals surface area contributed by atoms with Crippen LogP contribution in [-0.2, 0) is 0 Å². The summed E-state index contributed by atoms with van der Waals surface area (Å²) < 4.78 is 2.21. The molecule has 0 radical (unpaired) electrons. The Morgan fingerprint density at radius 2 is 2.08 bits per heavy atom. The minimum atomic E-state index is 1.07. The van der Waals surface area contributed by atoms with Crippen LogP contribution in [0.4, 0.5) is 0 Å². The third-order valence-electron chi connectivity index (χ3n) is 2.07. The van der Waals surface area contributed by atoms with Gasteiger partial charge in [0, 0.05) is 17.2 Å². The molecule has 2 rings (SSSR count). The summed E-state index contributed by atoms with van der Waals surface area (Å²) in [5, 5.41) is 4.37. The summed E-state index contributed by atoms with van der Waals surface area (Å²) in [6, 6.07) is 0. The third kappa shape index (κ3) is 1.40. The van der Waals surface area contributed by atoms with Gasteiger partial charge in [0.1, 0.15) is 5.69 Å². The molecule has 0 aliphatic carbocycles. The first-order valence-electron chi connectivity index (χ1n) is 4.08. The van der Waals surface area contributed by atoms with Crippen molar-refractivity contribution >= 4 is 22.7 Å². The lowest BCUT2D eigenvalue weighted by molar-refractivity contribution is -0.603. The molecule has 13 heavy (non-hydrogen) atoms. The van der Waals surface area contributed by atoms with E-state index in [1.807, 2.05) is 22.9 Å². The normalized spacial score (nSPS) is 10.7. The number of aromatic nitrogens is 2. The van der Waals surface area contributed by atoms with E-state index in [0.717, 1.165) is 5.13 Å². The first kappa shape index (κ1) is 8.84. The molecule has 68 valence electrons. The van der Waals surface area contributed by atoms with Crippen LogP contribution in [-0.4, -0.2) is 4.98 Å². The van der Waals surface area contributed by atoms with Crippen molar-refractivity contribution in [3.63, 3.8) is 0 Å². The number of nitrogens with zero attached hydrogens (tertiary/aromatic N) is 2. The van der Waals surface area contributed by atoms with E-state index in [1.54, 1.807) is 11.3 Å². The van der Waals surface area contributed by atoms with Crippen LogP contribution in [0.2, 0.25) is 0 Å². The van der Waals surface area contributed by atoms with Gasteiger partial charge in [-0.15, -0.1) is 0 Å². The fourth-order valence-corrected chi connectivity index (χ4v) is 3.14. The van der Waals surface area contributed by atoms with Crippen LogP contribution in [0.3, 0.4) is 0 Å². The highest BCUT2D eigenvalue weighted by atomic mass is 32.1. The van der Waals surface area contributed by atoms with Crippen LogP contribution in [0.25, 0.3) is 5.13 Å². The van der Waals surface area contributed by atoms with Gasteiger partial charge >= 0.3 is 5.13 Å². The van der Waals surface area contributed by atoms with E-state index in [4.69, 9.17) is 0 Å². The Labute approximate surface area is 85.5 Å². The summed E-state index contributed by atoms with van der Waals surface area (Å²) in [6.07, 6.45) is 1.85. The van der Waals surface area contributed by atoms with Gasteiger partial charge in [0.15, 0.2) is 11.2 Å². The largest absolute Gasteiger partial charge is 0.387 e. The lowest BCUT2D eigenvalue weighted by Gasteiger charge is -1.92. The average molecular weight is 211 g/mol. The number of aryl methyl sites for hydroxylation is 2. The molecule has 0 aromatic carbocycles. The molecule has 4 heteroatoms. The van der Waals surface area contributed by atoms with Gasteiger partial charge in [-0.3, -0.25) is 0 Å². The Balaban J connectivity index is 2.64. The molecule has 0 saturated heterocycles. The SMILES string of the molecule is Cc1sc(C)[n+](-c2nccs2)c1C. The summed E-state index contributed by atoms with van der Waals surface area (Å²) in [6.45, 7) is 6.42. The second-order valence-corrected chi connectivity index (χ2v) is 5.19. The molecule has 0 N–H and O–H groups in total. The molecule has 0 amide bonds. The quantitative estimate of drug-likeness (QED) is 0.662. The first-order chi connectivity index (χ1) is 6.20. The van der Waals surface area contributed by atoms with Gasteiger partial charge < -0.3 is 0 Å². The highest BCUT2D eigenvalue weighted by Gasteiger charge is 2.18. The summed E-state index contributed by atoms with van der Waals surface area (Å²) in [4.78, 5) is 5.68. The number of rotatable bonds is 1. The van der Waals surface area contributed by atoms with Gasteiger partial charge in [-0.1, -0.05) is 22.7 Å². The monoisotopic (exact) mass is 211 g/mol. The molecule has 2 heterocycles. The maximum Gasteiger partial charge on any atom is 0.387 e. The van der Waals surface area contributed by atoms with Crippen molar-refractivity contribution in [3.8, 4) is 5.13 Å². The molecule has 0 saturated carbocycles. The Hall–Kier alpha value is -0.740. The molecule has 0 fully saturated rings. The van der Waals surface area contributed by atoms with Crippen molar-refractivity contribution in [2.75, 3.05) is 0 Å². The highest BCUT2D eigenvalue weighted by Crippen LogP contribution is 2.17. The lowest BCUT2D eigenvalue weighted by Crippen LogP contribution is -2.34. The van der Waals surface area contributed by atoms with Crippen LogP contribution in [0, 0.1) is 20.8 Å². The molecule has 0 spiro atoms. The average Bonchev–Trinajstić information content (AvgIpc) is 2.63. The Morgan fingerprint density at radius 3 is 2.54 bits per heavy atom. The van der Waals surface area contributed by atoms with Crippen LogP contribution >= 0.6 is 22.7 Å². The van der Waals surface area contributed by atoms with Crippen molar-refractivity contribution in [1.29, 1.82) is 0 Å². The fraction of sp³-hybridized carbons (Fsp3) is 0.333. The van der Waals surface area contributed by atoms with Crippen LogP contribution in [0.15, 0.2) is 11.6 Å². The maximum atomic E-state index is 4.31. The van der Waals surface area contributed by atoms with Crippen molar-refractivity contribution < 1.29 is 4.57 Å². The van der Waals surface area contributed by atoms with E-state index in [1.165, 1.54) is 15.6 Å². The van der Waals surface area contributed by atoms with Crippen molar-refractivity contribution in [3.05, 3.63) is 27.2 Å². The number of thiazole rings is 2. The van der Waals surface area contributed by atoms with E-state index in [-0.39, 0.29) is 0 Å². The summed E-state index contributed by atoms with van der Waals surface area (Å²) in [5.74, 6) is 0. The minimum absolute atomic E-state index is 1.07. The standard InChI is InChI=1S/C9H11N2S2/c1-6-7(2)13-8(3)11(6)9-10-4-5-12-9/h4-5H,1-3H3/q+1. The zero-order chi connectivity index (χ0) is 9.42. The lowest BCUT2D eigenvalue weighted by atomic mass is 10.4. The minimum Gasteiger partial charge on any atom is -0.178 e.